The van der Waals surface area contributed by atoms with Crippen LogP contribution in [-0.4, -0.2) is 49.5 Å². The Morgan fingerprint density at radius 1 is 1.32 bits per heavy atom. The van der Waals surface area contributed by atoms with Gasteiger partial charge in [-0.2, -0.15) is 0 Å². The van der Waals surface area contributed by atoms with Gasteiger partial charge in [0.15, 0.2) is 0 Å². The lowest BCUT2D eigenvalue weighted by Crippen LogP contribution is -2.48. The number of hydrogen-bond acceptors (Lipinski definition) is 4. The van der Waals surface area contributed by atoms with E-state index in [2.05, 4.69) is 10.6 Å². The van der Waals surface area contributed by atoms with Gasteiger partial charge in [-0.15, -0.1) is 0 Å². The lowest BCUT2D eigenvalue weighted by Gasteiger charge is -2.31. The molecular formula is C15H28F2N2O3. The first-order valence-electron chi connectivity index (χ1n) is 7.81. The maximum Gasteiger partial charge on any atom is 0.407 e. The third kappa shape index (κ3) is 7.89. The number of halogens is 2. The smallest absolute Gasteiger partial charge is 0.407 e. The van der Waals surface area contributed by atoms with Gasteiger partial charge in [0.05, 0.1) is 19.2 Å². The molecule has 2 atom stereocenters. The SMILES string of the molecule is CCC1CC(NCC(F)(F)CNC(=O)OC(C)(C)C)CCO1. The molecule has 130 valence electrons. The third-order valence-electron chi connectivity index (χ3n) is 3.36. The van der Waals surface area contributed by atoms with Gasteiger partial charge in [0.2, 0.25) is 0 Å². The predicted octanol–water partition coefficient (Wildman–Crippen LogP) is 2.69. The van der Waals surface area contributed by atoms with Gasteiger partial charge in [-0.05, 0) is 40.0 Å². The summed E-state index contributed by atoms with van der Waals surface area (Å²) in [6.07, 6.45) is 1.66. The fourth-order valence-corrected chi connectivity index (χ4v) is 2.22. The first-order chi connectivity index (χ1) is 10.1. The second-order valence-electron chi connectivity index (χ2n) is 6.71. The van der Waals surface area contributed by atoms with Crippen molar-refractivity contribution in [1.82, 2.24) is 10.6 Å². The standard InChI is InChI=1S/C15H28F2N2O3/c1-5-12-8-11(6-7-21-12)18-9-15(16,17)10-19-13(20)22-14(2,3)4/h11-12,18H,5-10H2,1-4H3,(H,19,20). The van der Waals surface area contributed by atoms with Crippen molar-refractivity contribution in [2.75, 3.05) is 19.7 Å². The molecule has 0 bridgehead atoms. The molecule has 1 amide bonds. The molecule has 1 heterocycles. The maximum atomic E-state index is 13.8. The first kappa shape index (κ1) is 19.1. The summed E-state index contributed by atoms with van der Waals surface area (Å²) in [5.41, 5.74) is -0.700. The van der Waals surface area contributed by atoms with Crippen LogP contribution >= 0.6 is 0 Å². The summed E-state index contributed by atoms with van der Waals surface area (Å²) in [6, 6.07) is 0.0334. The monoisotopic (exact) mass is 322 g/mol. The average Bonchev–Trinajstić information content (AvgIpc) is 2.42. The van der Waals surface area contributed by atoms with E-state index >= 15 is 0 Å². The van der Waals surface area contributed by atoms with Crippen molar-refractivity contribution in [2.24, 2.45) is 0 Å². The van der Waals surface area contributed by atoms with Gasteiger partial charge < -0.3 is 20.1 Å². The average molecular weight is 322 g/mol. The summed E-state index contributed by atoms with van der Waals surface area (Å²) < 4.78 is 38.0. The van der Waals surface area contributed by atoms with Crippen molar-refractivity contribution in [2.45, 2.75) is 70.6 Å². The normalized spacial score (nSPS) is 23.2. The molecule has 1 rings (SSSR count). The molecule has 0 aromatic carbocycles. The third-order valence-corrected chi connectivity index (χ3v) is 3.36. The van der Waals surface area contributed by atoms with Crippen molar-refractivity contribution in [3.05, 3.63) is 0 Å². The minimum atomic E-state index is -3.02. The summed E-state index contributed by atoms with van der Waals surface area (Å²) in [5, 5.41) is 4.99. The Hall–Kier alpha value is -0.950. The van der Waals surface area contributed by atoms with Gasteiger partial charge >= 0.3 is 6.09 Å². The molecule has 0 aromatic rings. The van der Waals surface area contributed by atoms with Crippen molar-refractivity contribution in [3.63, 3.8) is 0 Å². The minimum Gasteiger partial charge on any atom is -0.444 e. The van der Waals surface area contributed by atoms with Gasteiger partial charge in [0, 0.05) is 12.6 Å². The van der Waals surface area contributed by atoms with E-state index in [-0.39, 0.29) is 12.1 Å². The molecule has 0 aliphatic carbocycles. The van der Waals surface area contributed by atoms with Gasteiger partial charge in [-0.1, -0.05) is 6.92 Å². The fourth-order valence-electron chi connectivity index (χ4n) is 2.22. The Kier molecular flexibility index (Phi) is 6.99. The molecule has 1 fully saturated rings. The van der Waals surface area contributed by atoms with Gasteiger partial charge in [0.25, 0.3) is 5.92 Å². The number of rotatable bonds is 6. The molecule has 1 saturated heterocycles. The number of alkyl carbamates (subject to hydrolysis) is 1. The second-order valence-corrected chi connectivity index (χ2v) is 6.71. The van der Waals surface area contributed by atoms with Crippen LogP contribution in [0.5, 0.6) is 0 Å². The molecule has 0 saturated carbocycles. The molecule has 22 heavy (non-hydrogen) atoms. The summed E-state index contributed by atoms with van der Waals surface area (Å²) >= 11 is 0. The van der Waals surface area contributed by atoms with Crippen LogP contribution in [0.1, 0.15) is 47.0 Å². The van der Waals surface area contributed by atoms with Crippen molar-refractivity contribution in [3.8, 4) is 0 Å². The summed E-state index contributed by atoms with van der Waals surface area (Å²) in [6.45, 7) is 6.45. The number of hydrogen-bond donors (Lipinski definition) is 2. The number of carbonyl (C=O) groups is 1. The van der Waals surface area contributed by atoms with Crippen molar-refractivity contribution >= 4 is 6.09 Å². The van der Waals surface area contributed by atoms with E-state index in [1.807, 2.05) is 6.92 Å². The molecule has 2 N–H and O–H groups in total. The number of ether oxygens (including phenoxy) is 2. The van der Waals surface area contributed by atoms with Crippen molar-refractivity contribution < 1.29 is 23.0 Å². The highest BCUT2D eigenvalue weighted by atomic mass is 19.3. The highest BCUT2D eigenvalue weighted by Crippen LogP contribution is 2.18. The summed E-state index contributed by atoms with van der Waals surface area (Å²) in [5.74, 6) is -3.02. The molecule has 5 nitrogen and oxygen atoms in total. The zero-order valence-electron chi connectivity index (χ0n) is 13.9. The van der Waals surface area contributed by atoms with Crippen LogP contribution < -0.4 is 10.6 Å². The summed E-state index contributed by atoms with van der Waals surface area (Å²) in [7, 11) is 0. The van der Waals surface area contributed by atoms with Crippen molar-refractivity contribution in [1.29, 1.82) is 0 Å². The van der Waals surface area contributed by atoms with Crippen LogP contribution in [0.15, 0.2) is 0 Å². The van der Waals surface area contributed by atoms with Crippen LogP contribution in [0, 0.1) is 0 Å². The zero-order valence-corrected chi connectivity index (χ0v) is 13.9. The van der Waals surface area contributed by atoms with E-state index in [4.69, 9.17) is 9.47 Å². The summed E-state index contributed by atoms with van der Waals surface area (Å²) in [4.78, 5) is 11.4. The van der Waals surface area contributed by atoms with Crippen LogP contribution in [0.3, 0.4) is 0 Å². The molecule has 7 heteroatoms. The molecule has 0 aromatic heterocycles. The van der Waals surface area contributed by atoms with E-state index in [0.717, 1.165) is 19.3 Å². The van der Waals surface area contributed by atoms with Crippen LogP contribution in [-0.2, 0) is 9.47 Å². The largest absolute Gasteiger partial charge is 0.444 e. The fraction of sp³-hybridized carbons (Fsp3) is 0.933. The highest BCUT2D eigenvalue weighted by Gasteiger charge is 2.32. The van der Waals surface area contributed by atoms with Crippen LogP contribution in [0.4, 0.5) is 13.6 Å². The Balaban J connectivity index is 2.29. The lowest BCUT2D eigenvalue weighted by atomic mass is 10.0. The molecule has 0 spiro atoms. The number of amides is 1. The van der Waals surface area contributed by atoms with E-state index in [1.165, 1.54) is 0 Å². The minimum absolute atomic E-state index is 0.0334. The number of carbonyl (C=O) groups excluding carboxylic acids is 1. The lowest BCUT2D eigenvalue weighted by molar-refractivity contribution is -0.0238. The molecular weight excluding hydrogens is 294 g/mol. The van der Waals surface area contributed by atoms with E-state index in [1.54, 1.807) is 20.8 Å². The Morgan fingerprint density at radius 2 is 2.00 bits per heavy atom. The van der Waals surface area contributed by atoms with Gasteiger partial charge in [0.1, 0.15) is 5.60 Å². The molecule has 0 radical (unpaired) electrons. The second kappa shape index (κ2) is 8.06. The Labute approximate surface area is 131 Å². The Bertz CT molecular complexity index is 359. The zero-order chi connectivity index (χ0) is 16.8. The topological polar surface area (TPSA) is 59.6 Å². The Morgan fingerprint density at radius 3 is 2.59 bits per heavy atom. The van der Waals surface area contributed by atoms with Gasteiger partial charge in [-0.25, -0.2) is 13.6 Å². The van der Waals surface area contributed by atoms with E-state index in [0.29, 0.717) is 6.61 Å². The van der Waals surface area contributed by atoms with Crippen LogP contribution in [0.25, 0.3) is 0 Å². The molecule has 2 unspecified atom stereocenters. The molecule has 1 aliphatic rings. The highest BCUT2D eigenvalue weighted by molar-refractivity contribution is 5.67. The van der Waals surface area contributed by atoms with Gasteiger partial charge in [-0.3, -0.25) is 0 Å². The van der Waals surface area contributed by atoms with E-state index in [9.17, 15) is 13.6 Å². The predicted molar refractivity (Wildman–Crippen MR) is 80.2 cm³/mol. The first-order valence-corrected chi connectivity index (χ1v) is 7.81. The van der Waals surface area contributed by atoms with Crippen LogP contribution in [0.2, 0.25) is 0 Å². The van der Waals surface area contributed by atoms with E-state index < -0.39 is 30.7 Å². The maximum absolute atomic E-state index is 13.8. The number of nitrogens with one attached hydrogen (secondary N) is 2. The number of alkyl halides is 2. The molecule has 1 aliphatic heterocycles. The quantitative estimate of drug-likeness (QED) is 0.789.